The molecule has 1 N–H and O–H groups in total. The van der Waals surface area contributed by atoms with Gasteiger partial charge in [0.1, 0.15) is 0 Å². The molecule has 0 bridgehead atoms. The van der Waals surface area contributed by atoms with E-state index in [0.717, 1.165) is 6.42 Å². The van der Waals surface area contributed by atoms with Gasteiger partial charge in [-0.05, 0) is 12.8 Å². The molecule has 0 spiro atoms. The molecule has 0 fully saturated rings. The van der Waals surface area contributed by atoms with Gasteiger partial charge in [-0.25, -0.2) is 0 Å². The molecule has 0 aromatic carbocycles. The van der Waals surface area contributed by atoms with E-state index in [0.29, 0.717) is 12.8 Å². The zero-order chi connectivity index (χ0) is 6.41. The molecule has 2 heteroatoms. The minimum absolute atomic E-state index is 0.269. The predicted molar refractivity (Wildman–Crippen MR) is 31.1 cm³/mol. The molecule has 0 aliphatic heterocycles. The Hall–Kier alpha value is -0.550. The van der Waals surface area contributed by atoms with Crippen molar-refractivity contribution >= 4 is 0 Å². The minimum Gasteiger partial charge on any atom is -0.393 e. The number of aliphatic hydroxyl groups excluding tert-OH is 1. The molecule has 8 heavy (non-hydrogen) atoms. The first-order chi connectivity index (χ1) is 3.81. The van der Waals surface area contributed by atoms with Gasteiger partial charge in [0.25, 0.3) is 0 Å². The van der Waals surface area contributed by atoms with Crippen LogP contribution in [0.25, 0.3) is 0 Å². The lowest BCUT2D eigenvalue weighted by atomic mass is 10.2. The molecule has 0 radical (unpaired) electrons. The largest absolute Gasteiger partial charge is 0.393 e. The van der Waals surface area contributed by atoms with Crippen molar-refractivity contribution in [2.24, 2.45) is 0 Å². The lowest BCUT2D eigenvalue weighted by molar-refractivity contribution is 0.162. The Balaban J connectivity index is 3.01. The van der Waals surface area contributed by atoms with E-state index in [1.165, 1.54) is 0 Å². The first-order valence-corrected chi connectivity index (χ1v) is 2.86. The Labute approximate surface area is 49.8 Å². The molecule has 0 aromatic heterocycles. The summed E-state index contributed by atoms with van der Waals surface area (Å²) >= 11 is 0. The van der Waals surface area contributed by atoms with E-state index < -0.39 is 0 Å². The quantitative estimate of drug-likeness (QED) is 0.594. The molecule has 0 aromatic rings. The molecule has 0 aliphatic carbocycles. The summed E-state index contributed by atoms with van der Waals surface area (Å²) in [7, 11) is 0. The average molecular weight is 113 g/mol. The van der Waals surface area contributed by atoms with Gasteiger partial charge in [0.05, 0.1) is 12.2 Å². The first-order valence-electron chi connectivity index (χ1n) is 2.86. The molecule has 0 heterocycles. The molecular weight excluding hydrogens is 102 g/mol. The summed E-state index contributed by atoms with van der Waals surface area (Å²) in [6.45, 7) is 1.90. The first kappa shape index (κ1) is 7.45. The third-order valence-corrected chi connectivity index (χ3v) is 1.06. The summed E-state index contributed by atoms with van der Waals surface area (Å²) in [5.41, 5.74) is 0. The fourth-order valence-electron chi connectivity index (χ4n) is 0.435. The van der Waals surface area contributed by atoms with Crippen LogP contribution in [0.15, 0.2) is 0 Å². The normalized spacial score (nSPS) is 12.6. The number of rotatable bonds is 3. The Kier molecular flexibility index (Phi) is 4.29. The van der Waals surface area contributed by atoms with Crippen LogP contribution < -0.4 is 0 Å². The summed E-state index contributed by atoms with van der Waals surface area (Å²) in [5.74, 6) is 0. The maximum atomic E-state index is 8.84. The summed E-state index contributed by atoms with van der Waals surface area (Å²) in [6.07, 6.45) is 1.57. The van der Waals surface area contributed by atoms with Crippen LogP contribution in [-0.4, -0.2) is 11.2 Å². The highest BCUT2D eigenvalue weighted by molar-refractivity contribution is 4.70. The van der Waals surface area contributed by atoms with Crippen LogP contribution >= 0.6 is 0 Å². The van der Waals surface area contributed by atoms with Gasteiger partial charge in [0.15, 0.2) is 0 Å². The zero-order valence-electron chi connectivity index (χ0n) is 5.09. The summed E-state index contributed by atoms with van der Waals surface area (Å²) < 4.78 is 0. The van der Waals surface area contributed by atoms with E-state index in [2.05, 4.69) is 0 Å². The highest BCUT2D eigenvalue weighted by atomic mass is 16.3. The van der Waals surface area contributed by atoms with Gasteiger partial charge in [-0.1, -0.05) is 6.92 Å². The fourth-order valence-corrected chi connectivity index (χ4v) is 0.435. The number of hydrogen-bond acceptors (Lipinski definition) is 2. The second-order valence-corrected chi connectivity index (χ2v) is 1.76. The van der Waals surface area contributed by atoms with Crippen molar-refractivity contribution in [2.75, 3.05) is 0 Å². The van der Waals surface area contributed by atoms with Crippen LogP contribution in [0.5, 0.6) is 0 Å². The molecule has 0 amide bonds. The SMILES string of the molecule is CC[C@@H](O)CCC#N. The third-order valence-electron chi connectivity index (χ3n) is 1.06. The lowest BCUT2D eigenvalue weighted by Gasteiger charge is -2.00. The number of nitriles is 1. The Morgan fingerprint density at radius 1 is 1.75 bits per heavy atom. The van der Waals surface area contributed by atoms with E-state index >= 15 is 0 Å². The van der Waals surface area contributed by atoms with Crippen LogP contribution in [0.4, 0.5) is 0 Å². The number of aliphatic hydroxyl groups is 1. The standard InChI is InChI=1S/C6H11NO/c1-2-6(8)4-3-5-7/h6,8H,2-4H2,1H3/t6-/m1/s1. The average Bonchev–Trinajstić information content (AvgIpc) is 1.83. The van der Waals surface area contributed by atoms with Gasteiger partial charge in [0.2, 0.25) is 0 Å². The van der Waals surface area contributed by atoms with Gasteiger partial charge in [-0.3, -0.25) is 0 Å². The smallest absolute Gasteiger partial charge is 0.0622 e. The molecule has 46 valence electrons. The number of hydrogen-bond donors (Lipinski definition) is 1. The second-order valence-electron chi connectivity index (χ2n) is 1.76. The Bertz CT molecular complexity index is 85.0. The molecular formula is C6H11NO. The maximum absolute atomic E-state index is 8.84. The van der Waals surface area contributed by atoms with Gasteiger partial charge >= 0.3 is 0 Å². The fraction of sp³-hybridized carbons (Fsp3) is 0.833. The van der Waals surface area contributed by atoms with Crippen molar-refractivity contribution in [3.05, 3.63) is 0 Å². The number of nitrogens with zero attached hydrogens (tertiary/aromatic N) is 1. The van der Waals surface area contributed by atoms with E-state index in [1.807, 2.05) is 13.0 Å². The van der Waals surface area contributed by atoms with Crippen molar-refractivity contribution in [2.45, 2.75) is 32.3 Å². The van der Waals surface area contributed by atoms with E-state index in [9.17, 15) is 0 Å². The Morgan fingerprint density at radius 3 is 2.75 bits per heavy atom. The molecule has 0 unspecified atom stereocenters. The van der Waals surface area contributed by atoms with E-state index in [-0.39, 0.29) is 6.10 Å². The van der Waals surface area contributed by atoms with Gasteiger partial charge in [0, 0.05) is 6.42 Å². The lowest BCUT2D eigenvalue weighted by Crippen LogP contribution is -2.02. The van der Waals surface area contributed by atoms with Crippen LogP contribution in [0.3, 0.4) is 0 Å². The van der Waals surface area contributed by atoms with Crippen LogP contribution in [0.1, 0.15) is 26.2 Å². The molecule has 0 rings (SSSR count). The summed E-state index contributed by atoms with van der Waals surface area (Å²) in [6, 6.07) is 1.97. The van der Waals surface area contributed by atoms with E-state index in [4.69, 9.17) is 10.4 Å². The predicted octanol–water partition coefficient (Wildman–Crippen LogP) is 1.06. The van der Waals surface area contributed by atoms with Crippen molar-refractivity contribution in [1.82, 2.24) is 0 Å². The maximum Gasteiger partial charge on any atom is 0.0622 e. The molecule has 0 saturated heterocycles. The minimum atomic E-state index is -0.269. The molecule has 2 nitrogen and oxygen atoms in total. The molecule has 0 aliphatic rings. The monoisotopic (exact) mass is 113 g/mol. The van der Waals surface area contributed by atoms with E-state index in [1.54, 1.807) is 0 Å². The van der Waals surface area contributed by atoms with Crippen molar-refractivity contribution in [3.8, 4) is 6.07 Å². The zero-order valence-corrected chi connectivity index (χ0v) is 5.09. The topological polar surface area (TPSA) is 44.0 Å². The third kappa shape index (κ3) is 3.63. The van der Waals surface area contributed by atoms with Gasteiger partial charge in [-0.15, -0.1) is 0 Å². The Morgan fingerprint density at radius 2 is 2.38 bits per heavy atom. The highest BCUT2D eigenvalue weighted by Crippen LogP contribution is 1.98. The van der Waals surface area contributed by atoms with Crippen molar-refractivity contribution < 1.29 is 5.11 Å². The second kappa shape index (κ2) is 4.61. The van der Waals surface area contributed by atoms with Gasteiger partial charge in [-0.2, -0.15) is 5.26 Å². The molecule has 1 atom stereocenters. The van der Waals surface area contributed by atoms with Crippen molar-refractivity contribution in [1.29, 1.82) is 5.26 Å². The van der Waals surface area contributed by atoms with Crippen LogP contribution in [0, 0.1) is 11.3 Å². The van der Waals surface area contributed by atoms with Gasteiger partial charge < -0.3 is 5.11 Å². The van der Waals surface area contributed by atoms with Crippen LogP contribution in [0.2, 0.25) is 0 Å². The highest BCUT2D eigenvalue weighted by Gasteiger charge is 1.96. The van der Waals surface area contributed by atoms with Crippen LogP contribution in [-0.2, 0) is 0 Å². The summed E-state index contributed by atoms with van der Waals surface area (Å²) in [4.78, 5) is 0. The summed E-state index contributed by atoms with van der Waals surface area (Å²) in [5, 5.41) is 16.9. The molecule has 0 saturated carbocycles. The van der Waals surface area contributed by atoms with Crippen molar-refractivity contribution in [3.63, 3.8) is 0 Å².